The van der Waals surface area contributed by atoms with Crippen molar-refractivity contribution < 1.29 is 4.79 Å². The Kier molecular flexibility index (Phi) is 4.24. The summed E-state index contributed by atoms with van der Waals surface area (Å²) in [7, 11) is 0. The minimum Gasteiger partial charge on any atom is -0.300 e. The van der Waals surface area contributed by atoms with Gasteiger partial charge in [-0.25, -0.2) is 0 Å². The molecule has 0 radical (unpaired) electrons. The average Bonchev–Trinajstić information content (AvgIpc) is 3.06. The Balaban J connectivity index is 1.88. The van der Waals surface area contributed by atoms with Gasteiger partial charge in [0, 0.05) is 31.5 Å². The Morgan fingerprint density at radius 1 is 1.24 bits per heavy atom. The highest BCUT2D eigenvalue weighted by Gasteiger charge is 2.31. The number of hydrogen-bond acceptors (Lipinski definition) is 2. The summed E-state index contributed by atoms with van der Waals surface area (Å²) >= 11 is 0. The molecule has 2 nitrogen and oxygen atoms in total. The Morgan fingerprint density at radius 2 is 1.94 bits per heavy atom. The van der Waals surface area contributed by atoms with E-state index in [-0.39, 0.29) is 0 Å². The van der Waals surface area contributed by atoms with E-state index < -0.39 is 0 Å². The van der Waals surface area contributed by atoms with Gasteiger partial charge in [-0.3, -0.25) is 9.69 Å². The number of rotatable bonds is 5. The van der Waals surface area contributed by atoms with Crippen LogP contribution in [-0.2, 0) is 4.79 Å². The normalized spacial score (nSPS) is 30.3. The molecule has 0 aliphatic heterocycles. The van der Waals surface area contributed by atoms with Crippen molar-refractivity contribution >= 4 is 5.78 Å². The molecule has 2 aliphatic rings. The molecule has 0 saturated heterocycles. The predicted molar refractivity (Wildman–Crippen MR) is 70.9 cm³/mol. The first-order valence-electron chi connectivity index (χ1n) is 7.33. The number of carbonyl (C=O) groups is 1. The monoisotopic (exact) mass is 237 g/mol. The molecule has 17 heavy (non-hydrogen) atoms. The van der Waals surface area contributed by atoms with Crippen molar-refractivity contribution in [2.75, 3.05) is 13.1 Å². The summed E-state index contributed by atoms with van der Waals surface area (Å²) in [5.41, 5.74) is 0. The second-order valence-corrected chi connectivity index (χ2v) is 6.53. The predicted octanol–water partition coefficient (Wildman–Crippen LogP) is 3.11. The van der Waals surface area contributed by atoms with E-state index in [9.17, 15) is 4.79 Å². The lowest BCUT2D eigenvalue weighted by Crippen LogP contribution is -2.41. The molecule has 0 spiro atoms. The molecule has 2 atom stereocenters. The fraction of sp³-hybridized carbons (Fsp3) is 0.933. The van der Waals surface area contributed by atoms with Crippen molar-refractivity contribution in [2.24, 2.45) is 17.8 Å². The summed E-state index contributed by atoms with van der Waals surface area (Å²) in [4.78, 5) is 14.5. The van der Waals surface area contributed by atoms with Crippen LogP contribution in [0.2, 0.25) is 0 Å². The first kappa shape index (κ1) is 13.1. The van der Waals surface area contributed by atoms with Gasteiger partial charge < -0.3 is 0 Å². The van der Waals surface area contributed by atoms with Gasteiger partial charge in [-0.15, -0.1) is 0 Å². The van der Waals surface area contributed by atoms with Crippen LogP contribution in [0.4, 0.5) is 0 Å². The van der Waals surface area contributed by atoms with Crippen molar-refractivity contribution in [3.8, 4) is 0 Å². The second-order valence-electron chi connectivity index (χ2n) is 6.53. The largest absolute Gasteiger partial charge is 0.300 e. The van der Waals surface area contributed by atoms with Gasteiger partial charge in [0.2, 0.25) is 0 Å². The minimum atomic E-state index is 0.319. The zero-order valence-corrected chi connectivity index (χ0v) is 11.6. The molecule has 0 heterocycles. The topological polar surface area (TPSA) is 20.3 Å². The SMILES string of the molecule is CC1CCC(=O)C(CN(CC2CC2)C(C)C)C1. The van der Waals surface area contributed by atoms with Gasteiger partial charge in [0.1, 0.15) is 5.78 Å². The molecule has 0 aromatic carbocycles. The van der Waals surface area contributed by atoms with Crippen LogP contribution in [0.15, 0.2) is 0 Å². The van der Waals surface area contributed by atoms with Gasteiger partial charge in [0.15, 0.2) is 0 Å². The number of nitrogens with zero attached hydrogens (tertiary/aromatic N) is 1. The number of Topliss-reactive ketones (excluding diaryl/α,β-unsaturated/α-hetero) is 1. The third-order valence-electron chi connectivity index (χ3n) is 4.40. The van der Waals surface area contributed by atoms with E-state index in [0.29, 0.717) is 17.7 Å². The standard InChI is InChI=1S/C15H27NO/c1-11(2)16(9-13-5-6-13)10-14-8-12(3)4-7-15(14)17/h11-14H,4-10H2,1-3H3. The molecule has 2 saturated carbocycles. The van der Waals surface area contributed by atoms with Crippen LogP contribution in [0, 0.1) is 17.8 Å². The van der Waals surface area contributed by atoms with E-state index in [0.717, 1.165) is 37.6 Å². The lowest BCUT2D eigenvalue weighted by Gasteiger charge is -2.33. The van der Waals surface area contributed by atoms with Crippen LogP contribution in [0.1, 0.15) is 52.9 Å². The van der Waals surface area contributed by atoms with Crippen LogP contribution < -0.4 is 0 Å². The highest BCUT2D eigenvalue weighted by Crippen LogP contribution is 2.32. The zero-order chi connectivity index (χ0) is 12.4. The molecule has 0 amide bonds. The smallest absolute Gasteiger partial charge is 0.137 e. The maximum absolute atomic E-state index is 12.0. The van der Waals surface area contributed by atoms with Crippen molar-refractivity contribution in [1.82, 2.24) is 4.90 Å². The Labute approximate surface area is 106 Å². The summed E-state index contributed by atoms with van der Waals surface area (Å²) in [5.74, 6) is 2.51. The minimum absolute atomic E-state index is 0.319. The fourth-order valence-corrected chi connectivity index (χ4v) is 2.92. The Hall–Kier alpha value is -0.370. The molecule has 2 fully saturated rings. The van der Waals surface area contributed by atoms with E-state index in [1.165, 1.54) is 19.4 Å². The molecule has 2 aliphatic carbocycles. The molecular formula is C15H27NO. The van der Waals surface area contributed by atoms with Gasteiger partial charge in [-0.05, 0) is 51.4 Å². The van der Waals surface area contributed by atoms with Crippen LogP contribution >= 0.6 is 0 Å². The van der Waals surface area contributed by atoms with Crippen molar-refractivity contribution in [3.63, 3.8) is 0 Å². The first-order chi connectivity index (χ1) is 8.06. The second kappa shape index (κ2) is 5.51. The number of hydrogen-bond donors (Lipinski definition) is 0. The summed E-state index contributed by atoms with van der Waals surface area (Å²) in [6.07, 6.45) is 5.85. The van der Waals surface area contributed by atoms with E-state index in [2.05, 4.69) is 25.7 Å². The summed E-state index contributed by atoms with van der Waals surface area (Å²) < 4.78 is 0. The number of ketones is 1. The summed E-state index contributed by atoms with van der Waals surface area (Å²) in [6, 6.07) is 0.584. The Bertz CT molecular complexity index is 270. The zero-order valence-electron chi connectivity index (χ0n) is 11.6. The number of carbonyl (C=O) groups excluding carboxylic acids is 1. The van der Waals surface area contributed by atoms with Crippen LogP contribution in [0.25, 0.3) is 0 Å². The highest BCUT2D eigenvalue weighted by atomic mass is 16.1. The maximum Gasteiger partial charge on any atom is 0.137 e. The van der Waals surface area contributed by atoms with Crippen molar-refractivity contribution in [2.45, 2.75) is 58.9 Å². The van der Waals surface area contributed by atoms with Crippen LogP contribution in [-0.4, -0.2) is 29.8 Å². The van der Waals surface area contributed by atoms with Gasteiger partial charge >= 0.3 is 0 Å². The third-order valence-corrected chi connectivity index (χ3v) is 4.40. The van der Waals surface area contributed by atoms with Gasteiger partial charge in [-0.1, -0.05) is 6.92 Å². The van der Waals surface area contributed by atoms with E-state index in [1.807, 2.05) is 0 Å². The highest BCUT2D eigenvalue weighted by molar-refractivity contribution is 5.81. The van der Waals surface area contributed by atoms with Crippen molar-refractivity contribution in [3.05, 3.63) is 0 Å². The summed E-state index contributed by atoms with van der Waals surface area (Å²) in [5, 5.41) is 0. The van der Waals surface area contributed by atoms with E-state index >= 15 is 0 Å². The van der Waals surface area contributed by atoms with Crippen LogP contribution in [0.5, 0.6) is 0 Å². The van der Waals surface area contributed by atoms with Gasteiger partial charge in [0.05, 0.1) is 0 Å². The lowest BCUT2D eigenvalue weighted by atomic mass is 9.81. The molecule has 2 unspecified atom stereocenters. The molecule has 98 valence electrons. The molecule has 0 N–H and O–H groups in total. The van der Waals surface area contributed by atoms with E-state index in [1.54, 1.807) is 0 Å². The quantitative estimate of drug-likeness (QED) is 0.732. The molecule has 2 heteroatoms. The average molecular weight is 237 g/mol. The maximum atomic E-state index is 12.0. The summed E-state index contributed by atoms with van der Waals surface area (Å²) in [6.45, 7) is 9.05. The van der Waals surface area contributed by atoms with Gasteiger partial charge in [-0.2, -0.15) is 0 Å². The first-order valence-corrected chi connectivity index (χ1v) is 7.33. The molecule has 2 rings (SSSR count). The molecule has 0 aromatic heterocycles. The molecule has 0 bridgehead atoms. The lowest BCUT2D eigenvalue weighted by molar-refractivity contribution is -0.126. The van der Waals surface area contributed by atoms with Crippen LogP contribution in [0.3, 0.4) is 0 Å². The van der Waals surface area contributed by atoms with Crippen molar-refractivity contribution in [1.29, 1.82) is 0 Å². The van der Waals surface area contributed by atoms with Gasteiger partial charge in [0.25, 0.3) is 0 Å². The fourth-order valence-electron chi connectivity index (χ4n) is 2.92. The molecular weight excluding hydrogens is 210 g/mol. The van der Waals surface area contributed by atoms with E-state index in [4.69, 9.17) is 0 Å². The molecule has 0 aromatic rings. The Morgan fingerprint density at radius 3 is 2.53 bits per heavy atom. The third kappa shape index (κ3) is 3.80.